The lowest BCUT2D eigenvalue weighted by molar-refractivity contribution is -0.0500. The van der Waals surface area contributed by atoms with Crippen LogP contribution in [0.25, 0.3) is 0 Å². The van der Waals surface area contributed by atoms with Crippen LogP contribution in [0.1, 0.15) is 43.4 Å². The molecule has 0 saturated carbocycles. The normalized spacial score (nSPS) is 18.6. The third-order valence-corrected chi connectivity index (χ3v) is 5.63. The van der Waals surface area contributed by atoms with E-state index in [0.717, 1.165) is 5.56 Å². The molecule has 1 aliphatic heterocycles. The second-order valence-corrected chi connectivity index (χ2v) is 9.23. The first kappa shape index (κ1) is 21.3. The molecule has 2 rings (SSSR count). The van der Waals surface area contributed by atoms with Crippen LogP contribution in [-0.4, -0.2) is 43.1 Å². The number of halogens is 3. The van der Waals surface area contributed by atoms with Gasteiger partial charge in [0.15, 0.2) is 0 Å². The zero-order valence-corrected chi connectivity index (χ0v) is 16.2. The second kappa shape index (κ2) is 6.88. The van der Waals surface area contributed by atoms with E-state index < -0.39 is 32.9 Å². The molecule has 1 N–H and O–H groups in total. The fourth-order valence-corrected chi connectivity index (χ4v) is 3.65. The predicted octanol–water partition coefficient (Wildman–Crippen LogP) is 3.89. The van der Waals surface area contributed by atoms with Crippen molar-refractivity contribution in [2.45, 2.75) is 45.5 Å². The SMILES string of the molecule is Cc1cc2c(cc1OS(=O)(=O)C(F)(F)F)C(C(C)(C)C)CN(C(=O)O)CC2. The van der Waals surface area contributed by atoms with Gasteiger partial charge in [-0.05, 0) is 41.5 Å². The minimum atomic E-state index is -5.79. The zero-order chi connectivity index (χ0) is 20.8. The minimum Gasteiger partial charge on any atom is -0.465 e. The summed E-state index contributed by atoms with van der Waals surface area (Å²) < 4.78 is 65.2. The van der Waals surface area contributed by atoms with E-state index in [1.807, 2.05) is 20.8 Å². The number of rotatable bonds is 2. The Morgan fingerprint density at radius 1 is 1.26 bits per heavy atom. The maximum Gasteiger partial charge on any atom is 0.534 e. The Hall–Kier alpha value is -1.97. The molecular formula is C17H22F3NO5S. The molecule has 1 heterocycles. The molecule has 1 aromatic rings. The molecule has 10 heteroatoms. The van der Waals surface area contributed by atoms with E-state index >= 15 is 0 Å². The van der Waals surface area contributed by atoms with E-state index in [9.17, 15) is 31.5 Å². The molecule has 0 aromatic heterocycles. The fraction of sp³-hybridized carbons (Fsp3) is 0.588. The van der Waals surface area contributed by atoms with Gasteiger partial charge >= 0.3 is 21.7 Å². The highest BCUT2D eigenvalue weighted by Gasteiger charge is 2.49. The molecule has 1 aromatic carbocycles. The fourth-order valence-electron chi connectivity index (χ4n) is 3.14. The van der Waals surface area contributed by atoms with Gasteiger partial charge in [0, 0.05) is 19.0 Å². The maximum absolute atomic E-state index is 12.7. The van der Waals surface area contributed by atoms with Crippen molar-refractivity contribution in [2.24, 2.45) is 5.41 Å². The molecule has 1 amide bonds. The summed E-state index contributed by atoms with van der Waals surface area (Å²) in [6, 6.07) is 2.87. The molecule has 6 nitrogen and oxygen atoms in total. The number of aryl methyl sites for hydroxylation is 1. The van der Waals surface area contributed by atoms with Gasteiger partial charge in [-0.15, -0.1) is 0 Å². The van der Waals surface area contributed by atoms with Gasteiger partial charge < -0.3 is 14.2 Å². The number of carboxylic acid groups (broad SMARTS) is 1. The summed E-state index contributed by atoms with van der Waals surface area (Å²) in [6.07, 6.45) is -0.702. The highest BCUT2D eigenvalue weighted by molar-refractivity contribution is 7.88. The van der Waals surface area contributed by atoms with Gasteiger partial charge in [-0.3, -0.25) is 0 Å². The topological polar surface area (TPSA) is 83.9 Å². The molecule has 1 aliphatic rings. The lowest BCUT2D eigenvalue weighted by Gasteiger charge is -2.33. The minimum absolute atomic E-state index is 0.153. The van der Waals surface area contributed by atoms with E-state index in [1.54, 1.807) is 6.07 Å². The first-order valence-electron chi connectivity index (χ1n) is 8.25. The van der Waals surface area contributed by atoms with Crippen molar-refractivity contribution >= 4 is 16.2 Å². The third-order valence-electron chi connectivity index (χ3n) is 4.67. The van der Waals surface area contributed by atoms with Gasteiger partial charge in [0.05, 0.1) is 0 Å². The van der Waals surface area contributed by atoms with Gasteiger partial charge in [0.25, 0.3) is 0 Å². The van der Waals surface area contributed by atoms with Crippen molar-refractivity contribution in [3.63, 3.8) is 0 Å². The first-order chi connectivity index (χ1) is 12.1. The quantitative estimate of drug-likeness (QED) is 0.592. The van der Waals surface area contributed by atoms with Crippen LogP contribution in [0.5, 0.6) is 5.75 Å². The van der Waals surface area contributed by atoms with Crippen molar-refractivity contribution in [2.75, 3.05) is 13.1 Å². The van der Waals surface area contributed by atoms with Crippen LogP contribution in [0.3, 0.4) is 0 Å². The average molecular weight is 409 g/mol. The van der Waals surface area contributed by atoms with Crippen LogP contribution in [-0.2, 0) is 16.5 Å². The summed E-state index contributed by atoms with van der Waals surface area (Å²) in [4.78, 5) is 12.7. The molecule has 0 radical (unpaired) electrons. The smallest absolute Gasteiger partial charge is 0.465 e. The van der Waals surface area contributed by atoms with Gasteiger partial charge in [-0.2, -0.15) is 21.6 Å². The summed E-state index contributed by atoms with van der Waals surface area (Å²) in [6.45, 7) is 7.52. The lowest BCUT2D eigenvalue weighted by atomic mass is 9.75. The highest BCUT2D eigenvalue weighted by atomic mass is 32.2. The summed E-state index contributed by atoms with van der Waals surface area (Å²) in [5.74, 6) is -0.744. The Morgan fingerprint density at radius 2 is 1.85 bits per heavy atom. The van der Waals surface area contributed by atoms with Crippen LogP contribution < -0.4 is 4.18 Å². The van der Waals surface area contributed by atoms with E-state index in [4.69, 9.17) is 0 Å². The molecule has 0 saturated heterocycles. The molecule has 1 atom stereocenters. The number of hydrogen-bond acceptors (Lipinski definition) is 4. The first-order valence-corrected chi connectivity index (χ1v) is 9.66. The molecule has 0 bridgehead atoms. The van der Waals surface area contributed by atoms with E-state index in [1.165, 1.54) is 17.9 Å². The van der Waals surface area contributed by atoms with Crippen molar-refractivity contribution in [3.8, 4) is 5.75 Å². The van der Waals surface area contributed by atoms with Crippen molar-refractivity contribution in [1.29, 1.82) is 0 Å². The average Bonchev–Trinajstić information content (AvgIpc) is 2.65. The number of alkyl halides is 3. The monoisotopic (exact) mass is 409 g/mol. The summed E-state index contributed by atoms with van der Waals surface area (Å²) in [5, 5.41) is 9.37. The third kappa shape index (κ3) is 4.48. The van der Waals surface area contributed by atoms with Crippen LogP contribution >= 0.6 is 0 Å². The number of fused-ring (bicyclic) bond motifs is 1. The summed E-state index contributed by atoms with van der Waals surface area (Å²) in [7, 11) is -5.79. The van der Waals surface area contributed by atoms with Crippen molar-refractivity contribution in [1.82, 2.24) is 4.90 Å². The van der Waals surface area contributed by atoms with Crippen LogP contribution in [0.2, 0.25) is 0 Å². The van der Waals surface area contributed by atoms with E-state index in [0.29, 0.717) is 12.0 Å². The Balaban J connectivity index is 2.56. The lowest BCUT2D eigenvalue weighted by Crippen LogP contribution is -2.36. The summed E-state index contributed by atoms with van der Waals surface area (Å²) in [5.41, 5.74) is -4.34. The maximum atomic E-state index is 12.7. The Morgan fingerprint density at radius 3 is 2.33 bits per heavy atom. The molecule has 0 aliphatic carbocycles. The molecule has 152 valence electrons. The second-order valence-electron chi connectivity index (χ2n) is 7.70. The molecule has 1 unspecified atom stereocenters. The molecular weight excluding hydrogens is 387 g/mol. The van der Waals surface area contributed by atoms with Crippen LogP contribution in [0.15, 0.2) is 12.1 Å². The van der Waals surface area contributed by atoms with E-state index in [2.05, 4.69) is 4.18 Å². The van der Waals surface area contributed by atoms with Crippen LogP contribution in [0.4, 0.5) is 18.0 Å². The standard InChI is InChI=1S/C17H22F3NO5S/c1-10-7-11-5-6-21(15(22)23)9-13(16(2,3)4)12(11)8-14(10)26-27(24,25)17(18,19)20/h7-8,13H,5-6,9H2,1-4H3,(H,22,23). The molecule has 0 spiro atoms. The Labute approximate surface area is 156 Å². The molecule has 27 heavy (non-hydrogen) atoms. The van der Waals surface area contributed by atoms with Gasteiger partial charge in [-0.1, -0.05) is 26.8 Å². The van der Waals surface area contributed by atoms with E-state index in [-0.39, 0.29) is 24.6 Å². The zero-order valence-electron chi connectivity index (χ0n) is 15.4. The predicted molar refractivity (Wildman–Crippen MR) is 92.3 cm³/mol. The van der Waals surface area contributed by atoms with Crippen LogP contribution in [0, 0.1) is 12.3 Å². The van der Waals surface area contributed by atoms with Gasteiger partial charge in [0.1, 0.15) is 5.75 Å². The molecule has 0 fully saturated rings. The number of hydrogen-bond donors (Lipinski definition) is 1. The Bertz CT molecular complexity index is 843. The Kier molecular flexibility index (Phi) is 5.44. The number of carbonyl (C=O) groups is 1. The number of amides is 1. The van der Waals surface area contributed by atoms with Crippen molar-refractivity contribution < 1.29 is 35.7 Å². The van der Waals surface area contributed by atoms with Gasteiger partial charge in [-0.25, -0.2) is 4.79 Å². The highest BCUT2D eigenvalue weighted by Crippen LogP contribution is 2.42. The largest absolute Gasteiger partial charge is 0.534 e. The summed E-state index contributed by atoms with van der Waals surface area (Å²) >= 11 is 0. The van der Waals surface area contributed by atoms with Crippen molar-refractivity contribution in [3.05, 3.63) is 28.8 Å². The number of nitrogens with zero attached hydrogens (tertiary/aromatic N) is 1. The number of benzene rings is 1. The van der Waals surface area contributed by atoms with Gasteiger partial charge in [0.2, 0.25) is 0 Å².